The first-order valence-corrected chi connectivity index (χ1v) is 7.02. The van der Waals surface area contributed by atoms with E-state index in [0.29, 0.717) is 19.7 Å². The lowest BCUT2D eigenvalue weighted by Gasteiger charge is -2.36. The summed E-state index contributed by atoms with van der Waals surface area (Å²) in [6, 6.07) is 7.71. The Morgan fingerprint density at radius 2 is 2.20 bits per heavy atom. The van der Waals surface area contributed by atoms with Gasteiger partial charge in [0.2, 0.25) is 5.91 Å². The quantitative estimate of drug-likeness (QED) is 0.901. The monoisotopic (exact) mass is 277 g/mol. The number of ether oxygens (including phenoxy) is 1. The van der Waals surface area contributed by atoms with Crippen LogP contribution in [0.1, 0.15) is 38.0 Å². The van der Waals surface area contributed by atoms with Crippen molar-refractivity contribution in [1.29, 1.82) is 0 Å². The number of morpholine rings is 1. The molecule has 1 aliphatic rings. The standard InChI is InChI=1S/C16H23NO3/c1-16(2,3)15(19)17-7-8-20-14(10-17)13-6-4-5-12(9-13)11-18/h4-6,9,14,18H,7-8,10-11H2,1-3H3. The van der Waals surface area contributed by atoms with Crippen LogP contribution in [0.25, 0.3) is 0 Å². The maximum atomic E-state index is 12.3. The van der Waals surface area contributed by atoms with Gasteiger partial charge in [0.25, 0.3) is 0 Å². The average Bonchev–Trinajstić information content (AvgIpc) is 2.45. The maximum Gasteiger partial charge on any atom is 0.228 e. The summed E-state index contributed by atoms with van der Waals surface area (Å²) in [5.74, 6) is 0.157. The molecule has 4 heteroatoms. The van der Waals surface area contributed by atoms with Crippen molar-refractivity contribution in [2.24, 2.45) is 5.41 Å². The predicted molar refractivity (Wildman–Crippen MR) is 77.1 cm³/mol. The van der Waals surface area contributed by atoms with E-state index in [9.17, 15) is 9.90 Å². The molecule has 1 aromatic carbocycles. The van der Waals surface area contributed by atoms with Gasteiger partial charge in [0.15, 0.2) is 0 Å². The summed E-state index contributed by atoms with van der Waals surface area (Å²) in [6.45, 7) is 7.60. The number of nitrogens with zero attached hydrogens (tertiary/aromatic N) is 1. The van der Waals surface area contributed by atoms with E-state index in [4.69, 9.17) is 4.74 Å². The van der Waals surface area contributed by atoms with E-state index in [1.807, 2.05) is 49.9 Å². The van der Waals surface area contributed by atoms with Crippen molar-refractivity contribution in [1.82, 2.24) is 4.90 Å². The second kappa shape index (κ2) is 5.94. The first kappa shape index (κ1) is 15.0. The Labute approximate surface area is 120 Å². The Morgan fingerprint density at radius 3 is 2.85 bits per heavy atom. The van der Waals surface area contributed by atoms with Crippen LogP contribution < -0.4 is 0 Å². The summed E-state index contributed by atoms with van der Waals surface area (Å²) in [5, 5.41) is 9.20. The maximum absolute atomic E-state index is 12.3. The van der Waals surface area contributed by atoms with E-state index in [1.165, 1.54) is 0 Å². The minimum atomic E-state index is -0.366. The van der Waals surface area contributed by atoms with Crippen LogP contribution in [0.3, 0.4) is 0 Å². The molecule has 0 aliphatic carbocycles. The van der Waals surface area contributed by atoms with Crippen LogP contribution in [-0.2, 0) is 16.1 Å². The summed E-state index contributed by atoms with van der Waals surface area (Å²) in [5.41, 5.74) is 1.52. The lowest BCUT2D eigenvalue weighted by Crippen LogP contribution is -2.46. The topological polar surface area (TPSA) is 49.8 Å². The molecule has 1 aromatic rings. The van der Waals surface area contributed by atoms with Gasteiger partial charge in [-0.05, 0) is 11.1 Å². The lowest BCUT2D eigenvalue weighted by molar-refractivity contribution is -0.147. The average molecular weight is 277 g/mol. The number of carbonyl (C=O) groups is 1. The SMILES string of the molecule is CC(C)(C)C(=O)N1CCOC(c2cccc(CO)c2)C1. The van der Waals surface area contributed by atoms with Crippen molar-refractivity contribution in [3.05, 3.63) is 35.4 Å². The first-order valence-electron chi connectivity index (χ1n) is 7.02. The molecule has 1 heterocycles. The van der Waals surface area contributed by atoms with Gasteiger partial charge in [-0.25, -0.2) is 0 Å². The van der Waals surface area contributed by atoms with Gasteiger partial charge in [-0.3, -0.25) is 4.79 Å². The molecule has 1 amide bonds. The van der Waals surface area contributed by atoms with E-state index in [-0.39, 0.29) is 24.0 Å². The highest BCUT2D eigenvalue weighted by Crippen LogP contribution is 2.26. The van der Waals surface area contributed by atoms with E-state index in [2.05, 4.69) is 0 Å². The molecule has 1 atom stereocenters. The van der Waals surface area contributed by atoms with Crippen molar-refractivity contribution in [3.63, 3.8) is 0 Å². The highest BCUT2D eigenvalue weighted by molar-refractivity contribution is 5.81. The van der Waals surface area contributed by atoms with E-state index >= 15 is 0 Å². The number of benzene rings is 1. The molecule has 2 rings (SSSR count). The van der Waals surface area contributed by atoms with E-state index < -0.39 is 0 Å². The van der Waals surface area contributed by atoms with Crippen molar-refractivity contribution >= 4 is 5.91 Å². The van der Waals surface area contributed by atoms with Crippen LogP contribution >= 0.6 is 0 Å². The van der Waals surface area contributed by atoms with Gasteiger partial charge >= 0.3 is 0 Å². The van der Waals surface area contributed by atoms with Gasteiger partial charge < -0.3 is 14.7 Å². The van der Waals surface area contributed by atoms with Crippen LogP contribution in [0, 0.1) is 5.41 Å². The number of rotatable bonds is 2. The molecule has 110 valence electrons. The highest BCUT2D eigenvalue weighted by Gasteiger charge is 2.31. The first-order chi connectivity index (χ1) is 9.41. The predicted octanol–water partition coefficient (Wildman–Crippen LogP) is 2.12. The molecular weight excluding hydrogens is 254 g/mol. The minimum absolute atomic E-state index is 0.0190. The molecule has 0 spiro atoms. The van der Waals surface area contributed by atoms with Gasteiger partial charge in [-0.15, -0.1) is 0 Å². The summed E-state index contributed by atoms with van der Waals surface area (Å²) in [6.07, 6.45) is -0.110. The van der Waals surface area contributed by atoms with Crippen LogP contribution in [0.2, 0.25) is 0 Å². The molecule has 1 aliphatic heterocycles. The fourth-order valence-corrected chi connectivity index (χ4v) is 2.40. The molecule has 20 heavy (non-hydrogen) atoms. The number of amides is 1. The second-order valence-corrected chi connectivity index (χ2v) is 6.26. The van der Waals surface area contributed by atoms with Crippen LogP contribution in [0.5, 0.6) is 0 Å². The summed E-state index contributed by atoms with van der Waals surface area (Å²) in [7, 11) is 0. The number of hydrogen-bond donors (Lipinski definition) is 1. The van der Waals surface area contributed by atoms with Crippen LogP contribution in [-0.4, -0.2) is 35.6 Å². The van der Waals surface area contributed by atoms with E-state index in [1.54, 1.807) is 0 Å². The molecule has 4 nitrogen and oxygen atoms in total. The van der Waals surface area contributed by atoms with Crippen molar-refractivity contribution in [2.75, 3.05) is 19.7 Å². The van der Waals surface area contributed by atoms with Gasteiger partial charge in [0, 0.05) is 12.0 Å². The van der Waals surface area contributed by atoms with Gasteiger partial charge in [0.1, 0.15) is 6.10 Å². The van der Waals surface area contributed by atoms with Gasteiger partial charge in [-0.1, -0.05) is 45.0 Å². The van der Waals surface area contributed by atoms with Crippen molar-refractivity contribution in [3.8, 4) is 0 Å². The lowest BCUT2D eigenvalue weighted by atomic mass is 9.94. The summed E-state index contributed by atoms with van der Waals surface area (Å²) < 4.78 is 5.78. The number of hydrogen-bond acceptors (Lipinski definition) is 3. The zero-order chi connectivity index (χ0) is 14.8. The molecule has 1 fully saturated rings. The largest absolute Gasteiger partial charge is 0.392 e. The Kier molecular flexibility index (Phi) is 4.45. The van der Waals surface area contributed by atoms with Crippen molar-refractivity contribution in [2.45, 2.75) is 33.5 Å². The Balaban J connectivity index is 2.12. The van der Waals surface area contributed by atoms with Gasteiger partial charge in [0.05, 0.1) is 19.8 Å². The van der Waals surface area contributed by atoms with Crippen molar-refractivity contribution < 1.29 is 14.6 Å². The third-order valence-electron chi connectivity index (χ3n) is 3.50. The summed E-state index contributed by atoms with van der Waals surface area (Å²) >= 11 is 0. The molecule has 0 bridgehead atoms. The van der Waals surface area contributed by atoms with Crippen LogP contribution in [0.4, 0.5) is 0 Å². The molecule has 0 aromatic heterocycles. The molecular formula is C16H23NO3. The highest BCUT2D eigenvalue weighted by atomic mass is 16.5. The third-order valence-corrected chi connectivity index (χ3v) is 3.50. The zero-order valence-electron chi connectivity index (χ0n) is 12.4. The molecule has 1 N–H and O–H groups in total. The fraction of sp³-hybridized carbons (Fsp3) is 0.562. The van der Waals surface area contributed by atoms with Gasteiger partial charge in [-0.2, -0.15) is 0 Å². The molecule has 1 unspecified atom stereocenters. The Morgan fingerprint density at radius 1 is 1.45 bits per heavy atom. The normalized spacial score (nSPS) is 20.0. The van der Waals surface area contributed by atoms with Crippen LogP contribution in [0.15, 0.2) is 24.3 Å². The second-order valence-electron chi connectivity index (χ2n) is 6.26. The van der Waals surface area contributed by atoms with E-state index in [0.717, 1.165) is 11.1 Å². The number of carbonyl (C=O) groups excluding carboxylic acids is 1. The summed E-state index contributed by atoms with van der Waals surface area (Å²) in [4.78, 5) is 14.2. The molecule has 0 saturated carbocycles. The number of aliphatic hydroxyl groups excluding tert-OH is 1. The third kappa shape index (κ3) is 3.38. The molecule has 1 saturated heterocycles. The fourth-order valence-electron chi connectivity index (χ4n) is 2.40. The molecule has 0 radical (unpaired) electrons. The Bertz CT molecular complexity index is 479. The number of aliphatic hydroxyl groups is 1. The Hall–Kier alpha value is -1.39. The smallest absolute Gasteiger partial charge is 0.228 e. The zero-order valence-corrected chi connectivity index (χ0v) is 12.4. The minimum Gasteiger partial charge on any atom is -0.392 e.